The molecule has 2 aromatic rings. The van der Waals surface area contributed by atoms with Gasteiger partial charge < -0.3 is 4.74 Å². The average molecular weight is 298 g/mol. The molecular weight excluding hydrogens is 286 g/mol. The molecule has 0 aromatic heterocycles. The molecule has 0 heterocycles. The summed E-state index contributed by atoms with van der Waals surface area (Å²) >= 11 is 0. The highest BCUT2D eigenvalue weighted by molar-refractivity contribution is 7.90. The Kier molecular flexibility index (Phi) is 4.04. The van der Waals surface area contributed by atoms with E-state index in [2.05, 4.69) is 0 Å². The van der Waals surface area contributed by atoms with E-state index in [1.54, 1.807) is 0 Å². The Morgan fingerprint density at radius 1 is 1.05 bits per heavy atom. The van der Waals surface area contributed by atoms with E-state index in [-0.39, 0.29) is 10.5 Å². The topological polar surface area (TPSA) is 43.4 Å². The summed E-state index contributed by atoms with van der Waals surface area (Å²) in [7, 11) is -2.33. The predicted molar refractivity (Wildman–Crippen MR) is 70.2 cm³/mol. The Bertz CT molecular complexity index is 710. The largest absolute Gasteiger partial charge is 0.497 e. The lowest BCUT2D eigenvalue weighted by molar-refractivity contribution is 0.411. The lowest BCUT2D eigenvalue weighted by atomic mass is 10.2. The van der Waals surface area contributed by atoms with Gasteiger partial charge in [-0.15, -0.1) is 0 Å². The van der Waals surface area contributed by atoms with Gasteiger partial charge in [0, 0.05) is 11.6 Å². The summed E-state index contributed by atoms with van der Waals surface area (Å²) < 4.78 is 55.6. The number of rotatable bonds is 4. The molecule has 0 N–H and O–H groups in total. The first-order valence-electron chi connectivity index (χ1n) is 5.73. The van der Waals surface area contributed by atoms with Gasteiger partial charge in [0.15, 0.2) is 9.84 Å². The van der Waals surface area contributed by atoms with Crippen LogP contribution >= 0.6 is 0 Å². The fourth-order valence-electron chi connectivity index (χ4n) is 1.70. The van der Waals surface area contributed by atoms with Gasteiger partial charge >= 0.3 is 0 Å². The molecule has 0 aliphatic heterocycles. The van der Waals surface area contributed by atoms with Crippen LogP contribution in [0.2, 0.25) is 0 Å². The van der Waals surface area contributed by atoms with Crippen molar-refractivity contribution in [1.82, 2.24) is 0 Å². The fraction of sp³-hybridized carbons (Fsp3) is 0.143. The van der Waals surface area contributed by atoms with Crippen molar-refractivity contribution in [2.24, 2.45) is 0 Å². The van der Waals surface area contributed by atoms with Gasteiger partial charge in [-0.3, -0.25) is 0 Å². The third kappa shape index (κ3) is 3.14. The summed E-state index contributed by atoms with van der Waals surface area (Å²) in [6.07, 6.45) is 0. The zero-order chi connectivity index (χ0) is 14.8. The fourth-order valence-corrected chi connectivity index (χ4v) is 3.06. The second-order valence-corrected chi connectivity index (χ2v) is 6.16. The second kappa shape index (κ2) is 5.58. The molecule has 0 bridgehead atoms. The Hall–Kier alpha value is -1.95. The zero-order valence-electron chi connectivity index (χ0n) is 10.6. The van der Waals surface area contributed by atoms with Crippen LogP contribution in [0.1, 0.15) is 5.56 Å². The predicted octanol–water partition coefficient (Wildman–Crippen LogP) is 2.95. The summed E-state index contributed by atoms with van der Waals surface area (Å²) in [6, 6.07) is 8.38. The van der Waals surface area contributed by atoms with Crippen molar-refractivity contribution in [3.8, 4) is 5.75 Å². The number of hydrogen-bond acceptors (Lipinski definition) is 3. The van der Waals surface area contributed by atoms with Gasteiger partial charge in [-0.2, -0.15) is 0 Å². The number of sulfone groups is 1. The molecule has 6 heteroatoms. The minimum atomic E-state index is -3.72. The molecule has 0 spiro atoms. The molecule has 0 saturated heterocycles. The smallest absolute Gasteiger partial charge is 0.182 e. The van der Waals surface area contributed by atoms with Gasteiger partial charge in [0.1, 0.15) is 17.4 Å². The summed E-state index contributed by atoms with van der Waals surface area (Å²) in [5, 5.41) is 0. The molecule has 0 fully saturated rings. The molecular formula is C14H12F2O3S. The lowest BCUT2D eigenvalue weighted by Gasteiger charge is -2.07. The van der Waals surface area contributed by atoms with Crippen molar-refractivity contribution in [2.75, 3.05) is 7.11 Å². The minimum Gasteiger partial charge on any atom is -0.497 e. The zero-order valence-corrected chi connectivity index (χ0v) is 11.5. The Morgan fingerprint density at radius 2 is 1.70 bits per heavy atom. The van der Waals surface area contributed by atoms with Crippen molar-refractivity contribution >= 4 is 9.84 Å². The van der Waals surface area contributed by atoms with E-state index < -0.39 is 27.2 Å². The normalized spacial score (nSPS) is 11.3. The second-order valence-electron chi connectivity index (χ2n) is 4.17. The minimum absolute atomic E-state index is 0.0372. The van der Waals surface area contributed by atoms with E-state index in [9.17, 15) is 17.2 Å². The third-order valence-electron chi connectivity index (χ3n) is 2.78. The van der Waals surface area contributed by atoms with E-state index >= 15 is 0 Å². The Balaban J connectivity index is 2.31. The molecule has 106 valence electrons. The van der Waals surface area contributed by atoms with Crippen LogP contribution in [0.3, 0.4) is 0 Å². The maximum absolute atomic E-state index is 13.7. The molecule has 0 amide bonds. The van der Waals surface area contributed by atoms with Crippen LogP contribution in [0.4, 0.5) is 8.78 Å². The first-order chi connectivity index (χ1) is 9.42. The molecule has 0 radical (unpaired) electrons. The molecule has 2 rings (SSSR count). The first-order valence-corrected chi connectivity index (χ1v) is 7.38. The average Bonchev–Trinajstić information content (AvgIpc) is 2.41. The van der Waals surface area contributed by atoms with Crippen LogP contribution in [0, 0.1) is 11.6 Å². The first kappa shape index (κ1) is 14.5. The van der Waals surface area contributed by atoms with Crippen molar-refractivity contribution < 1.29 is 21.9 Å². The highest BCUT2D eigenvalue weighted by atomic mass is 32.2. The molecule has 0 aliphatic carbocycles. The van der Waals surface area contributed by atoms with Crippen molar-refractivity contribution in [1.29, 1.82) is 0 Å². The quantitative estimate of drug-likeness (QED) is 0.815. The monoisotopic (exact) mass is 298 g/mol. The molecule has 2 aromatic carbocycles. The van der Waals surface area contributed by atoms with Crippen LogP contribution < -0.4 is 4.74 Å². The highest BCUT2D eigenvalue weighted by Gasteiger charge is 2.18. The molecule has 0 atom stereocenters. The van der Waals surface area contributed by atoms with Crippen molar-refractivity contribution in [2.45, 2.75) is 10.6 Å². The lowest BCUT2D eigenvalue weighted by Crippen LogP contribution is -2.06. The van der Waals surface area contributed by atoms with Gasteiger partial charge in [0.2, 0.25) is 0 Å². The number of halogens is 2. The van der Waals surface area contributed by atoms with Gasteiger partial charge in [-0.05, 0) is 30.3 Å². The highest BCUT2D eigenvalue weighted by Crippen LogP contribution is 2.21. The molecule has 3 nitrogen and oxygen atoms in total. The van der Waals surface area contributed by atoms with Crippen molar-refractivity contribution in [3.05, 3.63) is 59.7 Å². The van der Waals surface area contributed by atoms with E-state index in [1.807, 2.05) is 0 Å². The number of hydrogen-bond donors (Lipinski definition) is 0. The standard InChI is InChI=1S/C14H12F2O3S/c1-19-12-5-2-10(14(16)8-12)9-20(17,18)13-6-3-11(15)4-7-13/h2-8H,9H2,1H3. The van der Waals surface area contributed by atoms with E-state index in [0.29, 0.717) is 5.75 Å². The van der Waals surface area contributed by atoms with Crippen molar-refractivity contribution in [3.63, 3.8) is 0 Å². The van der Waals surface area contributed by atoms with Crippen LogP contribution in [0.25, 0.3) is 0 Å². The summed E-state index contributed by atoms with van der Waals surface area (Å²) in [5.41, 5.74) is 0.0372. The molecule has 0 saturated carbocycles. The third-order valence-corrected chi connectivity index (χ3v) is 4.46. The summed E-state index contributed by atoms with van der Waals surface area (Å²) in [4.78, 5) is -0.0471. The molecule has 0 aliphatic rings. The summed E-state index contributed by atoms with van der Waals surface area (Å²) in [5.74, 6) is -1.37. The van der Waals surface area contributed by atoms with Gasteiger partial charge in [0.05, 0.1) is 17.8 Å². The van der Waals surface area contributed by atoms with Crippen LogP contribution in [-0.4, -0.2) is 15.5 Å². The number of methoxy groups -OCH3 is 1. The SMILES string of the molecule is COc1ccc(CS(=O)(=O)c2ccc(F)cc2)c(F)c1. The Morgan fingerprint density at radius 3 is 2.25 bits per heavy atom. The number of benzene rings is 2. The van der Waals surface area contributed by atoms with Crippen LogP contribution in [-0.2, 0) is 15.6 Å². The summed E-state index contributed by atoms with van der Waals surface area (Å²) in [6.45, 7) is 0. The molecule has 20 heavy (non-hydrogen) atoms. The number of ether oxygens (including phenoxy) is 1. The molecule has 0 unspecified atom stereocenters. The van der Waals surface area contributed by atoms with Gasteiger partial charge in [-0.25, -0.2) is 17.2 Å². The maximum atomic E-state index is 13.7. The van der Waals surface area contributed by atoms with E-state index in [0.717, 1.165) is 30.3 Å². The van der Waals surface area contributed by atoms with E-state index in [1.165, 1.54) is 19.2 Å². The van der Waals surface area contributed by atoms with Crippen LogP contribution in [0.5, 0.6) is 5.75 Å². The van der Waals surface area contributed by atoms with Gasteiger partial charge in [-0.1, -0.05) is 6.07 Å². The Labute approximate surface area is 115 Å². The van der Waals surface area contributed by atoms with E-state index in [4.69, 9.17) is 4.74 Å². The van der Waals surface area contributed by atoms with Gasteiger partial charge in [0.25, 0.3) is 0 Å². The van der Waals surface area contributed by atoms with Crippen LogP contribution in [0.15, 0.2) is 47.4 Å². The maximum Gasteiger partial charge on any atom is 0.182 e.